The lowest BCUT2D eigenvalue weighted by Gasteiger charge is -2.30. The summed E-state index contributed by atoms with van der Waals surface area (Å²) in [5.41, 5.74) is 0.843. The van der Waals surface area contributed by atoms with E-state index in [-0.39, 0.29) is 64.7 Å². The molecule has 1 fully saturated rings. The van der Waals surface area contributed by atoms with E-state index in [2.05, 4.69) is 0 Å². The molecule has 2 amide bonds. The first-order valence-corrected chi connectivity index (χ1v) is 28.5. The van der Waals surface area contributed by atoms with E-state index in [1.807, 2.05) is 9.48 Å². The molecular weight excluding hydrogens is 1010 g/mol. The molecule has 0 radical (unpaired) electrons. The van der Waals surface area contributed by atoms with Crippen LogP contribution in [0, 0.1) is 0 Å². The summed E-state index contributed by atoms with van der Waals surface area (Å²) < 4.78 is 156. The van der Waals surface area contributed by atoms with Crippen molar-refractivity contribution in [2.45, 2.75) is 98.7 Å². The van der Waals surface area contributed by atoms with Gasteiger partial charge in [0.15, 0.2) is 5.71 Å². The van der Waals surface area contributed by atoms with Crippen LogP contribution in [-0.2, 0) is 80.0 Å². The zero-order valence-electron chi connectivity index (χ0n) is 39.3. The van der Waals surface area contributed by atoms with Crippen LogP contribution in [-0.4, -0.2) is 137 Å². The minimum Gasteiger partial charge on any atom is -0.748 e. The van der Waals surface area contributed by atoms with Crippen molar-refractivity contribution in [3.63, 3.8) is 0 Å². The fourth-order valence-electron chi connectivity index (χ4n) is 8.99. The average Bonchev–Trinajstić information content (AvgIpc) is 3.80. The number of hydrogen-bond acceptors (Lipinski definition) is 19. The summed E-state index contributed by atoms with van der Waals surface area (Å²) in [6.07, 6.45) is 12.8. The van der Waals surface area contributed by atoms with Crippen molar-refractivity contribution in [3.05, 3.63) is 95.8 Å². The molecule has 2 unspecified atom stereocenters. The minimum absolute atomic E-state index is 0.0500. The van der Waals surface area contributed by atoms with Crippen LogP contribution in [0.15, 0.2) is 94.4 Å². The molecule has 0 spiro atoms. The number of rotatable bonds is 27. The number of carbonyl (C=O) groups excluding carboxylic acids is 3. The number of fused-ring (bicyclic) bond motifs is 2. The lowest BCUT2D eigenvalue weighted by molar-refractivity contribution is -0.438. The van der Waals surface area contributed by atoms with Crippen LogP contribution in [0.3, 0.4) is 0 Å². The quantitative estimate of drug-likeness (QED) is 0.0405. The molecule has 390 valence electrons. The zero-order valence-corrected chi connectivity index (χ0v) is 42.6. The van der Waals surface area contributed by atoms with Crippen LogP contribution in [0.2, 0.25) is 0 Å². The second-order valence-electron chi connectivity index (χ2n) is 17.5. The largest absolute Gasteiger partial charge is 0.748 e. The van der Waals surface area contributed by atoms with Gasteiger partial charge in [-0.3, -0.25) is 9.59 Å². The third kappa shape index (κ3) is 15.1. The molecule has 0 aromatic heterocycles. The van der Waals surface area contributed by atoms with Crippen LogP contribution in [0.4, 0.5) is 11.4 Å². The molecule has 0 bridgehead atoms. The van der Waals surface area contributed by atoms with Gasteiger partial charge in [0.05, 0.1) is 55.3 Å². The number of amides is 2. The Hall–Kier alpha value is -4.96. The molecule has 0 aliphatic carbocycles. The Labute approximate surface area is 414 Å². The molecule has 2 aromatic carbocycles. The molecule has 2 atom stereocenters. The number of anilines is 1. The highest BCUT2D eigenvalue weighted by Gasteiger charge is 2.48. The highest BCUT2D eigenvalue weighted by atomic mass is 32.2. The Morgan fingerprint density at radius 1 is 0.704 bits per heavy atom. The van der Waals surface area contributed by atoms with E-state index >= 15 is 0 Å². The van der Waals surface area contributed by atoms with Crippen molar-refractivity contribution >= 4 is 75.3 Å². The van der Waals surface area contributed by atoms with Gasteiger partial charge in [0.25, 0.3) is 11.8 Å². The maximum Gasteiger partial charge on any atom is 0.333 e. The molecule has 2 aromatic rings. The van der Waals surface area contributed by atoms with Crippen LogP contribution in [0.1, 0.15) is 89.2 Å². The summed E-state index contributed by atoms with van der Waals surface area (Å²) in [5, 5.41) is 0.471. The topological polar surface area (TPSA) is 317 Å². The standard InChI is InChI=1S/C46H59N3O18S4/c1-45(23-12-30-68(53,54)55)36-32-34(70(59,60)61)17-19-38(36)47(25-11-7-10-16-44(52)67-49-42(50)21-22-43(49)51)40(45)14-8-5-4-6-9-15-41-46(2,24-13-31-69(56,57)58)37-33-35(71(62,63)64)18-20-39(37)48(41)26-27-66-29-28-65-3/h4-6,8-9,14-15,17-20,32-33H,7,10-13,16,21-31H2,1-3H3,(H3-,53,54,55,56,57,58,59,60,61,62,63,64)/p-3. The van der Waals surface area contributed by atoms with Gasteiger partial charge in [0.2, 0.25) is 5.69 Å². The Morgan fingerprint density at radius 3 is 1.89 bits per heavy atom. The number of carbonyl (C=O) groups is 3. The predicted molar refractivity (Wildman–Crippen MR) is 252 cm³/mol. The van der Waals surface area contributed by atoms with Crippen molar-refractivity contribution < 1.29 is 85.2 Å². The molecule has 0 saturated carbocycles. The van der Waals surface area contributed by atoms with Gasteiger partial charge in [0.1, 0.15) is 26.8 Å². The van der Waals surface area contributed by atoms with E-state index < -0.39 is 90.4 Å². The monoisotopic (exact) mass is 1070 g/mol. The normalized spacial score (nSPS) is 20.5. The van der Waals surface area contributed by atoms with Gasteiger partial charge in [-0.25, -0.2) is 38.5 Å². The van der Waals surface area contributed by atoms with E-state index in [1.165, 1.54) is 43.5 Å². The first kappa shape index (κ1) is 56.9. The summed E-state index contributed by atoms with van der Waals surface area (Å²) in [4.78, 5) is 42.0. The second-order valence-corrected chi connectivity index (χ2v) is 23.3. The zero-order chi connectivity index (χ0) is 52.4. The summed E-state index contributed by atoms with van der Waals surface area (Å²) in [7, 11) is -17.5. The number of ether oxygens (including phenoxy) is 2. The number of benzene rings is 2. The smallest absolute Gasteiger partial charge is 0.333 e. The fourth-order valence-corrected chi connectivity index (χ4v) is 11.0. The minimum atomic E-state index is -4.93. The summed E-state index contributed by atoms with van der Waals surface area (Å²) in [5.74, 6) is -3.36. The number of allylic oxidation sites excluding steroid dienone is 8. The number of hydroxylamine groups is 2. The molecule has 3 aliphatic rings. The summed E-state index contributed by atoms with van der Waals surface area (Å²) >= 11 is 0. The predicted octanol–water partition coefficient (Wildman–Crippen LogP) is 3.66. The third-order valence-corrected chi connectivity index (χ3v) is 15.7. The van der Waals surface area contributed by atoms with Crippen molar-refractivity contribution in [1.29, 1.82) is 0 Å². The highest BCUT2D eigenvalue weighted by Crippen LogP contribution is 2.51. The third-order valence-electron chi connectivity index (χ3n) is 12.4. The van der Waals surface area contributed by atoms with E-state index in [0.29, 0.717) is 71.4 Å². The number of unbranched alkanes of at least 4 members (excludes halogenated alkanes) is 2. The number of methoxy groups -OCH3 is 1. The Balaban J connectivity index is 1.46. The average molecular weight is 1070 g/mol. The highest BCUT2D eigenvalue weighted by molar-refractivity contribution is 7.86. The molecule has 25 heteroatoms. The van der Waals surface area contributed by atoms with Gasteiger partial charge in [-0.2, -0.15) is 4.58 Å². The molecule has 0 N–H and O–H groups in total. The van der Waals surface area contributed by atoms with Crippen molar-refractivity contribution in [1.82, 2.24) is 5.06 Å². The molecule has 71 heavy (non-hydrogen) atoms. The van der Waals surface area contributed by atoms with Crippen molar-refractivity contribution in [2.24, 2.45) is 0 Å². The maximum absolute atomic E-state index is 12.4. The van der Waals surface area contributed by atoms with Crippen LogP contribution >= 0.6 is 0 Å². The van der Waals surface area contributed by atoms with Crippen LogP contribution < -0.4 is 4.90 Å². The van der Waals surface area contributed by atoms with Gasteiger partial charge in [-0.05, 0) is 94.3 Å². The maximum atomic E-state index is 12.4. The number of hydrogen-bond donors (Lipinski definition) is 0. The summed E-state index contributed by atoms with van der Waals surface area (Å²) in [6.45, 7) is 4.84. The Kier molecular flexibility index (Phi) is 19.0. The van der Waals surface area contributed by atoms with Crippen LogP contribution in [0.25, 0.3) is 0 Å². The molecule has 3 aliphatic heterocycles. The van der Waals surface area contributed by atoms with Crippen molar-refractivity contribution in [2.75, 3.05) is 56.4 Å². The first-order chi connectivity index (χ1) is 33.2. The lowest BCUT2D eigenvalue weighted by atomic mass is 9.76. The van der Waals surface area contributed by atoms with Gasteiger partial charge in [0, 0.05) is 85.3 Å². The van der Waals surface area contributed by atoms with E-state index in [0.717, 1.165) is 0 Å². The first-order valence-electron chi connectivity index (χ1n) is 22.6. The fraction of sp³-hybridized carbons (Fsp3) is 0.478. The van der Waals surface area contributed by atoms with Gasteiger partial charge >= 0.3 is 5.97 Å². The van der Waals surface area contributed by atoms with Gasteiger partial charge < -0.3 is 37.4 Å². The molecular formula is C46H56N3O18S4-3. The van der Waals surface area contributed by atoms with Gasteiger partial charge in [-0.1, -0.05) is 30.4 Å². The number of nitrogens with zero attached hydrogens (tertiary/aromatic N) is 3. The molecule has 5 rings (SSSR count). The SMILES string of the molecule is COCCOCCN1/C(=C/C=C/C=C/C=C/C2=[N+](CCCCCC(=O)ON3C(=O)CCC3=O)c3ccc(S(=O)(=O)[O-])cc3C2(C)CCCS(=O)(=O)[O-])C(C)(CCCS(=O)(=O)[O-])c2cc(S(=O)(=O)[O-])ccc21. The molecule has 3 heterocycles. The molecule has 1 saturated heterocycles. The van der Waals surface area contributed by atoms with Gasteiger partial charge in [-0.15, -0.1) is 5.06 Å². The Bertz CT molecular complexity index is 2950. The van der Waals surface area contributed by atoms with E-state index in [9.17, 15) is 66.3 Å². The summed E-state index contributed by atoms with van der Waals surface area (Å²) in [6, 6.07) is 7.81. The number of imide groups is 1. The molecule has 21 nitrogen and oxygen atoms in total. The lowest BCUT2D eigenvalue weighted by Crippen LogP contribution is -2.32. The van der Waals surface area contributed by atoms with E-state index in [1.54, 1.807) is 56.4 Å². The Morgan fingerprint density at radius 2 is 1.28 bits per heavy atom. The van der Waals surface area contributed by atoms with E-state index in [4.69, 9.17) is 14.3 Å². The second kappa shape index (κ2) is 23.7. The van der Waals surface area contributed by atoms with Crippen LogP contribution in [0.5, 0.6) is 0 Å². The van der Waals surface area contributed by atoms with Crippen molar-refractivity contribution in [3.8, 4) is 0 Å².